The van der Waals surface area contributed by atoms with Crippen LogP contribution in [0.4, 0.5) is 0 Å². The minimum Gasteiger partial charge on any atom is -0.383 e. The van der Waals surface area contributed by atoms with Gasteiger partial charge in [-0.15, -0.1) is 0 Å². The van der Waals surface area contributed by atoms with Crippen molar-refractivity contribution in [1.82, 2.24) is 19.7 Å². The van der Waals surface area contributed by atoms with Crippen molar-refractivity contribution in [2.45, 2.75) is 24.4 Å². The van der Waals surface area contributed by atoms with Crippen LogP contribution < -0.4 is 0 Å². The SMILES string of the molecule is COCCn1c(SCc2nc(C)no2)nc2ccccc21. The van der Waals surface area contributed by atoms with Gasteiger partial charge in [-0.1, -0.05) is 29.1 Å². The van der Waals surface area contributed by atoms with Crippen LogP contribution in [0.25, 0.3) is 11.0 Å². The van der Waals surface area contributed by atoms with Crippen LogP contribution in [0.1, 0.15) is 11.7 Å². The van der Waals surface area contributed by atoms with Gasteiger partial charge in [0.2, 0.25) is 5.89 Å². The minimum absolute atomic E-state index is 0.608. The molecule has 0 bridgehead atoms. The standard InChI is InChI=1S/C14H16N4O2S/c1-10-15-13(20-17-10)9-21-14-16-11-5-3-4-6-12(11)18(14)7-8-19-2/h3-6H,7-9H2,1-2H3. The number of aromatic nitrogens is 4. The summed E-state index contributed by atoms with van der Waals surface area (Å²) in [7, 11) is 1.70. The Kier molecular flexibility index (Phi) is 4.21. The molecule has 110 valence electrons. The van der Waals surface area contributed by atoms with E-state index in [2.05, 4.69) is 25.8 Å². The lowest BCUT2D eigenvalue weighted by atomic mass is 10.3. The first-order chi connectivity index (χ1) is 10.3. The Hall–Kier alpha value is -1.86. The molecule has 7 heteroatoms. The molecular formula is C14H16N4O2S. The Morgan fingerprint density at radius 3 is 2.90 bits per heavy atom. The molecule has 1 aromatic carbocycles. The van der Waals surface area contributed by atoms with E-state index >= 15 is 0 Å². The lowest BCUT2D eigenvalue weighted by Crippen LogP contribution is -2.05. The van der Waals surface area contributed by atoms with Crippen LogP contribution in [0.15, 0.2) is 33.9 Å². The average molecular weight is 304 g/mol. The van der Waals surface area contributed by atoms with Crippen LogP contribution in [0, 0.1) is 6.92 Å². The zero-order chi connectivity index (χ0) is 14.7. The topological polar surface area (TPSA) is 66.0 Å². The summed E-state index contributed by atoms with van der Waals surface area (Å²) in [5.41, 5.74) is 2.09. The van der Waals surface area contributed by atoms with Crippen molar-refractivity contribution in [3.8, 4) is 0 Å². The third kappa shape index (κ3) is 3.08. The second kappa shape index (κ2) is 6.28. The predicted molar refractivity (Wildman–Crippen MR) is 80.2 cm³/mol. The summed E-state index contributed by atoms with van der Waals surface area (Å²) < 4.78 is 12.5. The molecule has 0 saturated heterocycles. The average Bonchev–Trinajstić information content (AvgIpc) is 3.06. The van der Waals surface area contributed by atoms with Gasteiger partial charge in [-0.2, -0.15) is 4.98 Å². The van der Waals surface area contributed by atoms with Gasteiger partial charge in [0, 0.05) is 13.7 Å². The Morgan fingerprint density at radius 1 is 1.29 bits per heavy atom. The van der Waals surface area contributed by atoms with Crippen LogP contribution in [0.3, 0.4) is 0 Å². The van der Waals surface area contributed by atoms with Gasteiger partial charge < -0.3 is 13.8 Å². The summed E-state index contributed by atoms with van der Waals surface area (Å²) in [6.45, 7) is 3.22. The van der Waals surface area contributed by atoms with E-state index in [0.29, 0.717) is 24.1 Å². The molecule has 0 aliphatic carbocycles. The first kappa shape index (κ1) is 14.1. The normalized spacial score (nSPS) is 11.3. The number of imidazole rings is 1. The van der Waals surface area contributed by atoms with Gasteiger partial charge in [-0.3, -0.25) is 0 Å². The zero-order valence-corrected chi connectivity index (χ0v) is 12.8. The van der Waals surface area contributed by atoms with Crippen molar-refractivity contribution < 1.29 is 9.26 Å². The molecule has 2 aromatic heterocycles. The van der Waals surface area contributed by atoms with Crippen LogP contribution in [0.2, 0.25) is 0 Å². The number of benzene rings is 1. The van der Waals surface area contributed by atoms with E-state index in [1.807, 2.05) is 25.1 Å². The van der Waals surface area contributed by atoms with Gasteiger partial charge >= 0.3 is 0 Å². The highest BCUT2D eigenvalue weighted by Crippen LogP contribution is 2.26. The molecular weight excluding hydrogens is 288 g/mol. The Morgan fingerprint density at radius 2 is 2.14 bits per heavy atom. The fourth-order valence-corrected chi connectivity index (χ4v) is 2.97. The largest absolute Gasteiger partial charge is 0.383 e. The number of thioether (sulfide) groups is 1. The summed E-state index contributed by atoms with van der Waals surface area (Å²) in [6, 6.07) is 8.09. The molecule has 0 saturated carbocycles. The van der Waals surface area contributed by atoms with Gasteiger partial charge in [-0.25, -0.2) is 4.98 Å². The third-order valence-electron chi connectivity index (χ3n) is 3.03. The van der Waals surface area contributed by atoms with Gasteiger partial charge in [0.1, 0.15) is 0 Å². The smallest absolute Gasteiger partial charge is 0.237 e. The molecule has 6 nitrogen and oxygen atoms in total. The number of aryl methyl sites for hydroxylation is 1. The number of ether oxygens (including phenoxy) is 1. The van der Waals surface area contributed by atoms with E-state index in [0.717, 1.165) is 22.7 Å². The first-order valence-electron chi connectivity index (χ1n) is 6.64. The molecule has 0 spiro atoms. The van der Waals surface area contributed by atoms with E-state index in [4.69, 9.17) is 9.26 Å². The Balaban J connectivity index is 1.85. The fraction of sp³-hybridized carbons (Fsp3) is 0.357. The molecule has 2 heterocycles. The zero-order valence-electron chi connectivity index (χ0n) is 11.9. The molecule has 0 N–H and O–H groups in total. The number of rotatable bonds is 6. The van der Waals surface area contributed by atoms with E-state index < -0.39 is 0 Å². The number of methoxy groups -OCH3 is 1. The molecule has 0 amide bonds. The Labute approximate surface area is 126 Å². The first-order valence-corrected chi connectivity index (χ1v) is 7.62. The minimum atomic E-state index is 0.608. The maximum absolute atomic E-state index is 5.19. The molecule has 0 atom stereocenters. The van der Waals surface area contributed by atoms with E-state index in [1.165, 1.54) is 0 Å². The monoisotopic (exact) mass is 304 g/mol. The van der Waals surface area contributed by atoms with Gasteiger partial charge in [0.15, 0.2) is 11.0 Å². The molecule has 21 heavy (non-hydrogen) atoms. The fourth-order valence-electron chi connectivity index (χ4n) is 2.09. The molecule has 0 radical (unpaired) electrons. The number of fused-ring (bicyclic) bond motifs is 1. The van der Waals surface area contributed by atoms with E-state index in [9.17, 15) is 0 Å². The second-order valence-corrected chi connectivity index (χ2v) is 5.49. The molecule has 0 aliphatic rings. The van der Waals surface area contributed by atoms with Crippen LogP contribution in [-0.2, 0) is 17.0 Å². The summed E-state index contributed by atoms with van der Waals surface area (Å²) >= 11 is 1.59. The number of nitrogens with zero attached hydrogens (tertiary/aromatic N) is 4. The van der Waals surface area contributed by atoms with Gasteiger partial charge in [0.25, 0.3) is 0 Å². The molecule has 0 aliphatic heterocycles. The van der Waals surface area contributed by atoms with Crippen molar-refractivity contribution in [2.24, 2.45) is 0 Å². The van der Waals surface area contributed by atoms with Crippen LogP contribution in [-0.4, -0.2) is 33.4 Å². The van der Waals surface area contributed by atoms with Gasteiger partial charge in [-0.05, 0) is 19.1 Å². The van der Waals surface area contributed by atoms with Crippen LogP contribution >= 0.6 is 11.8 Å². The van der Waals surface area contributed by atoms with E-state index in [1.54, 1.807) is 18.9 Å². The van der Waals surface area contributed by atoms with E-state index in [-0.39, 0.29) is 0 Å². The highest BCUT2D eigenvalue weighted by Gasteiger charge is 2.12. The van der Waals surface area contributed by atoms with Crippen molar-refractivity contribution in [1.29, 1.82) is 0 Å². The Bertz CT molecular complexity index is 737. The van der Waals surface area contributed by atoms with Crippen molar-refractivity contribution >= 4 is 22.8 Å². The number of hydrogen-bond donors (Lipinski definition) is 0. The summed E-state index contributed by atoms with van der Waals surface area (Å²) in [5.74, 6) is 1.87. The molecule has 3 rings (SSSR count). The highest BCUT2D eigenvalue weighted by atomic mass is 32.2. The number of para-hydroxylation sites is 2. The summed E-state index contributed by atoms with van der Waals surface area (Å²) in [5, 5.41) is 4.73. The summed E-state index contributed by atoms with van der Waals surface area (Å²) in [4.78, 5) is 8.88. The van der Waals surface area contributed by atoms with Crippen LogP contribution in [0.5, 0.6) is 0 Å². The molecule has 3 aromatic rings. The van der Waals surface area contributed by atoms with Crippen molar-refractivity contribution in [3.05, 3.63) is 36.0 Å². The number of hydrogen-bond acceptors (Lipinski definition) is 6. The maximum Gasteiger partial charge on any atom is 0.237 e. The quantitative estimate of drug-likeness (QED) is 0.652. The molecule has 0 fully saturated rings. The lowest BCUT2D eigenvalue weighted by molar-refractivity contribution is 0.186. The molecule has 0 unspecified atom stereocenters. The van der Waals surface area contributed by atoms with Crippen molar-refractivity contribution in [2.75, 3.05) is 13.7 Å². The summed E-state index contributed by atoms with van der Waals surface area (Å²) in [6.07, 6.45) is 0. The third-order valence-corrected chi connectivity index (χ3v) is 3.99. The van der Waals surface area contributed by atoms with Crippen molar-refractivity contribution in [3.63, 3.8) is 0 Å². The van der Waals surface area contributed by atoms with Gasteiger partial charge in [0.05, 0.1) is 23.4 Å². The highest BCUT2D eigenvalue weighted by molar-refractivity contribution is 7.98. The maximum atomic E-state index is 5.19. The predicted octanol–water partition coefficient (Wildman–Crippen LogP) is 2.67. The second-order valence-electron chi connectivity index (χ2n) is 4.55. The lowest BCUT2D eigenvalue weighted by Gasteiger charge is -2.07.